The van der Waals surface area contributed by atoms with Crippen molar-refractivity contribution in [2.45, 2.75) is 31.0 Å². The van der Waals surface area contributed by atoms with E-state index in [1.807, 2.05) is 0 Å². The smallest absolute Gasteiger partial charge is 0.390 e. The second kappa shape index (κ2) is 9.51. The first-order valence-corrected chi connectivity index (χ1v) is 11.4. The van der Waals surface area contributed by atoms with E-state index >= 15 is 0 Å². The summed E-state index contributed by atoms with van der Waals surface area (Å²) in [5.41, 5.74) is 7.05. The van der Waals surface area contributed by atoms with Gasteiger partial charge in [-0.2, -0.15) is 22.0 Å². The summed E-state index contributed by atoms with van der Waals surface area (Å²) in [6.45, 7) is -1.30. The van der Waals surface area contributed by atoms with Crippen LogP contribution in [-0.2, 0) is 29.7 Å². The van der Waals surface area contributed by atoms with Gasteiger partial charge in [-0.25, -0.2) is 4.98 Å². The van der Waals surface area contributed by atoms with Gasteiger partial charge in [0.05, 0.1) is 16.9 Å². The zero-order valence-corrected chi connectivity index (χ0v) is 18.9. The fraction of sp³-hybridized carbons (Fsp3) is 0.304. The van der Waals surface area contributed by atoms with Crippen LogP contribution in [0.2, 0.25) is 0 Å². The molecule has 2 heterocycles. The minimum absolute atomic E-state index is 0.126. The van der Waals surface area contributed by atoms with Gasteiger partial charge in [0.15, 0.2) is 5.13 Å². The maximum absolute atomic E-state index is 14.5. The zero-order chi connectivity index (χ0) is 25.4. The van der Waals surface area contributed by atoms with Crippen molar-refractivity contribution in [1.29, 1.82) is 0 Å². The largest absolute Gasteiger partial charge is 0.416 e. The normalized spacial score (nSPS) is 14.5. The monoisotopic (exact) mass is 512 g/mol. The number of rotatable bonds is 8. The molecule has 0 spiro atoms. The molecule has 3 aromatic rings. The first kappa shape index (κ1) is 25.0. The molecule has 0 bridgehead atoms. The molecule has 0 radical (unpaired) electrons. The standard InChI is InChI=1S/C23H21F5N4O2S/c24-22(25,11-33)20-19(13-3-6-17-14(8-13)9-18(34)31-17)35-21(32-20)30-10-16(29)7-12-1-4-15(5-2-12)23(26,27)28/h1-6,8,16,33H,7,9-11,29H2,(H,30,32)(H,31,34). The number of aliphatic hydroxyl groups excluding tert-OH is 1. The summed E-state index contributed by atoms with van der Waals surface area (Å²) in [6, 6.07) is 8.97. The Hall–Kier alpha value is -3.09. The highest BCUT2D eigenvalue weighted by atomic mass is 32.1. The highest BCUT2D eigenvalue weighted by Crippen LogP contribution is 2.42. The van der Waals surface area contributed by atoms with Crippen molar-refractivity contribution in [3.63, 3.8) is 0 Å². The maximum Gasteiger partial charge on any atom is 0.416 e. The van der Waals surface area contributed by atoms with Gasteiger partial charge < -0.3 is 21.5 Å². The number of carbonyl (C=O) groups is 1. The molecule has 2 aromatic carbocycles. The van der Waals surface area contributed by atoms with Gasteiger partial charge in [0.1, 0.15) is 12.3 Å². The van der Waals surface area contributed by atoms with Crippen LogP contribution in [0.5, 0.6) is 0 Å². The third-order valence-corrected chi connectivity index (χ3v) is 6.52. The number of hydrogen-bond donors (Lipinski definition) is 4. The van der Waals surface area contributed by atoms with Crippen LogP contribution < -0.4 is 16.4 Å². The number of carbonyl (C=O) groups excluding carboxylic acids is 1. The van der Waals surface area contributed by atoms with Crippen LogP contribution in [0.25, 0.3) is 10.4 Å². The third kappa shape index (κ3) is 5.60. The SMILES string of the molecule is NC(CNc1nc(C(F)(F)CO)c(-c2ccc3c(c2)CC(=O)N3)s1)Cc1ccc(C(F)(F)F)cc1. The van der Waals surface area contributed by atoms with Crippen LogP contribution in [0.4, 0.5) is 32.8 Å². The molecule has 5 N–H and O–H groups in total. The molecule has 1 aromatic heterocycles. The molecular formula is C23H21F5N4O2S. The Bertz CT molecular complexity index is 1230. The molecule has 0 saturated carbocycles. The summed E-state index contributed by atoms with van der Waals surface area (Å²) < 4.78 is 67.1. The Kier molecular flexibility index (Phi) is 6.80. The average molecular weight is 513 g/mol. The highest BCUT2D eigenvalue weighted by molar-refractivity contribution is 7.19. The van der Waals surface area contributed by atoms with Crippen molar-refractivity contribution >= 4 is 28.1 Å². The van der Waals surface area contributed by atoms with Gasteiger partial charge in [-0.1, -0.05) is 29.5 Å². The molecule has 0 saturated heterocycles. The van der Waals surface area contributed by atoms with Crippen LogP contribution in [0, 0.1) is 0 Å². The van der Waals surface area contributed by atoms with Crippen molar-refractivity contribution in [1.82, 2.24) is 4.98 Å². The van der Waals surface area contributed by atoms with Gasteiger partial charge in [0, 0.05) is 18.3 Å². The first-order chi connectivity index (χ1) is 16.5. The van der Waals surface area contributed by atoms with Crippen molar-refractivity contribution in [3.05, 3.63) is 64.8 Å². The van der Waals surface area contributed by atoms with Crippen molar-refractivity contribution in [2.75, 3.05) is 23.8 Å². The number of thiazole rings is 1. The Morgan fingerprint density at radius 1 is 1.14 bits per heavy atom. The van der Waals surface area contributed by atoms with Gasteiger partial charge in [-0.3, -0.25) is 4.79 Å². The Morgan fingerprint density at radius 2 is 1.86 bits per heavy atom. The number of aromatic nitrogens is 1. The van der Waals surface area contributed by atoms with Crippen LogP contribution >= 0.6 is 11.3 Å². The molecular weight excluding hydrogens is 491 g/mol. The van der Waals surface area contributed by atoms with Crippen LogP contribution in [0.15, 0.2) is 42.5 Å². The lowest BCUT2D eigenvalue weighted by atomic mass is 10.0. The molecule has 1 unspecified atom stereocenters. The maximum atomic E-state index is 14.5. The lowest BCUT2D eigenvalue weighted by Gasteiger charge is -2.13. The summed E-state index contributed by atoms with van der Waals surface area (Å²) in [6.07, 6.45) is -4.03. The molecule has 12 heteroatoms. The average Bonchev–Trinajstić information content (AvgIpc) is 3.40. The summed E-state index contributed by atoms with van der Waals surface area (Å²) in [4.78, 5) is 15.8. The molecule has 1 atom stereocenters. The van der Waals surface area contributed by atoms with Gasteiger partial charge >= 0.3 is 12.1 Å². The number of anilines is 2. The lowest BCUT2D eigenvalue weighted by Crippen LogP contribution is -2.31. The van der Waals surface area contributed by atoms with E-state index in [2.05, 4.69) is 15.6 Å². The number of nitrogens with two attached hydrogens (primary N) is 1. The van der Waals surface area contributed by atoms with Gasteiger partial charge in [0.25, 0.3) is 0 Å². The van der Waals surface area contributed by atoms with E-state index in [0.29, 0.717) is 22.4 Å². The number of halogens is 5. The topological polar surface area (TPSA) is 100 Å². The summed E-state index contributed by atoms with van der Waals surface area (Å²) in [7, 11) is 0. The number of nitrogens with one attached hydrogen (secondary N) is 2. The van der Waals surface area contributed by atoms with Crippen molar-refractivity contribution in [2.24, 2.45) is 5.73 Å². The summed E-state index contributed by atoms with van der Waals surface area (Å²) in [5.74, 6) is -3.78. The molecule has 1 aliphatic heterocycles. The molecule has 0 aliphatic carbocycles. The number of aliphatic hydroxyl groups is 1. The second-order valence-electron chi connectivity index (χ2n) is 8.20. The fourth-order valence-corrected chi connectivity index (χ4v) is 4.73. The molecule has 0 fully saturated rings. The first-order valence-electron chi connectivity index (χ1n) is 10.5. The van der Waals surface area contributed by atoms with E-state index in [0.717, 1.165) is 23.5 Å². The van der Waals surface area contributed by atoms with Crippen LogP contribution in [0.3, 0.4) is 0 Å². The number of hydrogen-bond acceptors (Lipinski definition) is 6. The third-order valence-electron chi connectivity index (χ3n) is 5.46. The number of alkyl halides is 5. The molecule has 1 aliphatic rings. The molecule has 186 valence electrons. The number of fused-ring (bicyclic) bond motifs is 1. The second-order valence-corrected chi connectivity index (χ2v) is 9.20. The predicted molar refractivity (Wildman–Crippen MR) is 122 cm³/mol. The zero-order valence-electron chi connectivity index (χ0n) is 18.1. The number of nitrogens with zero attached hydrogens (tertiary/aromatic N) is 1. The van der Waals surface area contributed by atoms with Gasteiger partial charge in [-0.05, 0) is 47.4 Å². The minimum atomic E-state index is -4.43. The summed E-state index contributed by atoms with van der Waals surface area (Å²) in [5, 5.41) is 15.0. The Labute approximate surface area is 201 Å². The van der Waals surface area contributed by atoms with E-state index in [-0.39, 0.29) is 35.3 Å². The Morgan fingerprint density at radius 3 is 2.51 bits per heavy atom. The Balaban J connectivity index is 1.49. The van der Waals surface area contributed by atoms with Crippen molar-refractivity contribution in [3.8, 4) is 10.4 Å². The molecule has 35 heavy (non-hydrogen) atoms. The van der Waals surface area contributed by atoms with E-state index in [1.165, 1.54) is 12.1 Å². The van der Waals surface area contributed by atoms with Gasteiger partial charge in [-0.15, -0.1) is 0 Å². The van der Waals surface area contributed by atoms with E-state index in [1.54, 1.807) is 18.2 Å². The minimum Gasteiger partial charge on any atom is -0.390 e. The van der Waals surface area contributed by atoms with E-state index in [4.69, 9.17) is 5.73 Å². The highest BCUT2D eigenvalue weighted by Gasteiger charge is 2.38. The summed E-state index contributed by atoms with van der Waals surface area (Å²) >= 11 is 0.955. The van der Waals surface area contributed by atoms with Crippen LogP contribution in [-0.4, -0.2) is 35.2 Å². The molecule has 6 nitrogen and oxygen atoms in total. The molecule has 1 amide bonds. The van der Waals surface area contributed by atoms with Gasteiger partial charge in [0.2, 0.25) is 5.91 Å². The number of benzene rings is 2. The van der Waals surface area contributed by atoms with E-state index in [9.17, 15) is 31.9 Å². The van der Waals surface area contributed by atoms with E-state index < -0.39 is 36.0 Å². The van der Waals surface area contributed by atoms with Crippen molar-refractivity contribution < 1.29 is 31.9 Å². The predicted octanol–water partition coefficient (Wildman–Crippen LogP) is 4.39. The quantitative estimate of drug-likeness (QED) is 0.336. The number of amides is 1. The fourth-order valence-electron chi connectivity index (χ4n) is 3.71. The van der Waals surface area contributed by atoms with Crippen LogP contribution in [0.1, 0.15) is 22.4 Å². The lowest BCUT2D eigenvalue weighted by molar-refractivity contribution is -0.137. The molecule has 4 rings (SSSR count).